The SMILES string of the molecule is CCOC(=O)c1cccc(CCCBr)c1C#N. The summed E-state index contributed by atoms with van der Waals surface area (Å²) in [4.78, 5) is 11.7. The highest BCUT2D eigenvalue weighted by molar-refractivity contribution is 9.09. The molecule has 0 saturated carbocycles. The van der Waals surface area contributed by atoms with Gasteiger partial charge in [0.2, 0.25) is 0 Å². The van der Waals surface area contributed by atoms with Crippen LogP contribution >= 0.6 is 15.9 Å². The number of hydrogen-bond acceptors (Lipinski definition) is 3. The number of ether oxygens (including phenoxy) is 1. The van der Waals surface area contributed by atoms with Gasteiger partial charge in [0, 0.05) is 5.33 Å². The Hall–Kier alpha value is -1.34. The summed E-state index contributed by atoms with van der Waals surface area (Å²) < 4.78 is 4.93. The first kappa shape index (κ1) is 13.7. The molecule has 0 fully saturated rings. The Morgan fingerprint density at radius 1 is 1.53 bits per heavy atom. The van der Waals surface area contributed by atoms with Crippen molar-refractivity contribution in [3.05, 3.63) is 34.9 Å². The summed E-state index contributed by atoms with van der Waals surface area (Å²) in [6.45, 7) is 2.06. The summed E-state index contributed by atoms with van der Waals surface area (Å²) in [6.07, 6.45) is 1.71. The first-order valence-corrected chi connectivity index (χ1v) is 6.61. The Morgan fingerprint density at radius 3 is 2.88 bits per heavy atom. The van der Waals surface area contributed by atoms with Crippen molar-refractivity contribution in [2.24, 2.45) is 0 Å². The molecule has 0 heterocycles. The van der Waals surface area contributed by atoms with E-state index in [0.29, 0.717) is 17.7 Å². The van der Waals surface area contributed by atoms with E-state index < -0.39 is 5.97 Å². The molecule has 0 atom stereocenters. The van der Waals surface area contributed by atoms with E-state index in [1.807, 2.05) is 6.07 Å². The van der Waals surface area contributed by atoms with Crippen LogP contribution in [-0.2, 0) is 11.2 Å². The molecule has 0 bridgehead atoms. The lowest BCUT2D eigenvalue weighted by molar-refractivity contribution is 0.0526. The zero-order valence-electron chi connectivity index (χ0n) is 9.70. The molecule has 0 unspecified atom stereocenters. The van der Waals surface area contributed by atoms with Gasteiger partial charge in [-0.15, -0.1) is 0 Å². The van der Waals surface area contributed by atoms with Crippen molar-refractivity contribution in [1.82, 2.24) is 0 Å². The molecule has 0 amide bonds. The highest BCUT2D eigenvalue weighted by atomic mass is 79.9. The van der Waals surface area contributed by atoms with Crippen LogP contribution in [0.15, 0.2) is 18.2 Å². The van der Waals surface area contributed by atoms with Gasteiger partial charge in [0.25, 0.3) is 0 Å². The fourth-order valence-electron chi connectivity index (χ4n) is 1.58. The van der Waals surface area contributed by atoms with E-state index in [-0.39, 0.29) is 0 Å². The quantitative estimate of drug-likeness (QED) is 0.620. The predicted molar refractivity (Wildman–Crippen MR) is 69.2 cm³/mol. The summed E-state index contributed by atoms with van der Waals surface area (Å²) >= 11 is 3.35. The van der Waals surface area contributed by atoms with Gasteiger partial charge in [-0.3, -0.25) is 0 Å². The van der Waals surface area contributed by atoms with Crippen LogP contribution in [-0.4, -0.2) is 17.9 Å². The molecular formula is C13H14BrNO2. The van der Waals surface area contributed by atoms with Crippen LogP contribution in [0.5, 0.6) is 0 Å². The van der Waals surface area contributed by atoms with E-state index in [4.69, 9.17) is 10.00 Å². The van der Waals surface area contributed by atoms with Gasteiger partial charge < -0.3 is 4.74 Å². The Kier molecular flexibility index (Phi) is 5.71. The molecule has 0 saturated heterocycles. The highest BCUT2D eigenvalue weighted by Gasteiger charge is 2.15. The largest absolute Gasteiger partial charge is 0.462 e. The van der Waals surface area contributed by atoms with Crippen LogP contribution in [0.2, 0.25) is 0 Å². The van der Waals surface area contributed by atoms with Crippen molar-refractivity contribution in [3.8, 4) is 6.07 Å². The fourth-order valence-corrected chi connectivity index (χ4v) is 1.86. The molecule has 1 rings (SSSR count). The van der Waals surface area contributed by atoms with Gasteiger partial charge in [0.15, 0.2) is 0 Å². The number of nitriles is 1. The van der Waals surface area contributed by atoms with E-state index in [2.05, 4.69) is 22.0 Å². The lowest BCUT2D eigenvalue weighted by Crippen LogP contribution is -2.08. The zero-order valence-corrected chi connectivity index (χ0v) is 11.3. The summed E-state index contributed by atoms with van der Waals surface area (Å²) in [5.74, 6) is -0.426. The first-order valence-electron chi connectivity index (χ1n) is 5.49. The Balaban J connectivity index is 3.06. The van der Waals surface area contributed by atoms with Gasteiger partial charge in [-0.25, -0.2) is 4.79 Å². The minimum atomic E-state index is -0.426. The Morgan fingerprint density at radius 2 is 2.29 bits per heavy atom. The molecule has 4 heteroatoms. The number of rotatable bonds is 5. The molecule has 0 aliphatic rings. The third-order valence-electron chi connectivity index (χ3n) is 2.34. The zero-order chi connectivity index (χ0) is 12.7. The van der Waals surface area contributed by atoms with Crippen molar-refractivity contribution in [1.29, 1.82) is 5.26 Å². The maximum Gasteiger partial charge on any atom is 0.339 e. The molecule has 0 radical (unpaired) electrons. The number of carbonyl (C=O) groups excluding carboxylic acids is 1. The van der Waals surface area contributed by atoms with Gasteiger partial charge in [0.05, 0.1) is 17.7 Å². The van der Waals surface area contributed by atoms with E-state index in [0.717, 1.165) is 23.7 Å². The summed E-state index contributed by atoms with van der Waals surface area (Å²) in [5.41, 5.74) is 1.70. The molecule has 1 aromatic rings. The molecule has 0 aromatic heterocycles. The molecule has 90 valence electrons. The third kappa shape index (κ3) is 3.57. The maximum atomic E-state index is 11.7. The van der Waals surface area contributed by atoms with Gasteiger partial charge in [-0.1, -0.05) is 28.1 Å². The van der Waals surface area contributed by atoms with Crippen LogP contribution in [0.1, 0.15) is 34.8 Å². The van der Waals surface area contributed by atoms with E-state index >= 15 is 0 Å². The number of alkyl halides is 1. The Bertz CT molecular complexity index is 438. The van der Waals surface area contributed by atoms with E-state index in [1.54, 1.807) is 19.1 Å². The topological polar surface area (TPSA) is 50.1 Å². The maximum absolute atomic E-state index is 11.7. The van der Waals surface area contributed by atoms with Gasteiger partial charge in [-0.2, -0.15) is 5.26 Å². The Labute approximate surface area is 110 Å². The standard InChI is InChI=1S/C13H14BrNO2/c1-2-17-13(16)11-7-3-5-10(6-4-8-14)12(11)9-15/h3,5,7H,2,4,6,8H2,1H3. The molecule has 0 aliphatic carbocycles. The van der Waals surface area contributed by atoms with Crippen LogP contribution in [0, 0.1) is 11.3 Å². The second-order valence-corrected chi connectivity index (χ2v) is 4.26. The van der Waals surface area contributed by atoms with Crippen LogP contribution in [0.25, 0.3) is 0 Å². The number of benzene rings is 1. The van der Waals surface area contributed by atoms with Crippen molar-refractivity contribution < 1.29 is 9.53 Å². The van der Waals surface area contributed by atoms with E-state index in [9.17, 15) is 4.79 Å². The number of hydrogen-bond donors (Lipinski definition) is 0. The summed E-state index contributed by atoms with van der Waals surface area (Å²) in [5, 5.41) is 10.0. The molecule has 0 aliphatic heterocycles. The first-order chi connectivity index (χ1) is 8.24. The van der Waals surface area contributed by atoms with Gasteiger partial charge in [0.1, 0.15) is 6.07 Å². The average Bonchev–Trinajstić information content (AvgIpc) is 2.36. The van der Waals surface area contributed by atoms with Crippen molar-refractivity contribution in [2.45, 2.75) is 19.8 Å². The number of nitrogens with zero attached hydrogens (tertiary/aromatic N) is 1. The monoisotopic (exact) mass is 295 g/mol. The fraction of sp³-hybridized carbons (Fsp3) is 0.385. The second kappa shape index (κ2) is 7.08. The summed E-state index contributed by atoms with van der Waals surface area (Å²) in [7, 11) is 0. The molecular weight excluding hydrogens is 282 g/mol. The van der Waals surface area contributed by atoms with E-state index in [1.165, 1.54) is 0 Å². The normalized spacial score (nSPS) is 9.71. The third-order valence-corrected chi connectivity index (χ3v) is 2.90. The minimum Gasteiger partial charge on any atom is -0.462 e. The number of carbonyl (C=O) groups is 1. The predicted octanol–water partition coefficient (Wildman–Crippen LogP) is 3.06. The van der Waals surface area contributed by atoms with Crippen LogP contribution in [0.4, 0.5) is 0 Å². The smallest absolute Gasteiger partial charge is 0.339 e. The summed E-state index contributed by atoms with van der Waals surface area (Å²) in [6, 6.07) is 7.40. The van der Waals surface area contributed by atoms with Crippen LogP contribution < -0.4 is 0 Å². The number of aryl methyl sites for hydroxylation is 1. The number of esters is 1. The lowest BCUT2D eigenvalue weighted by atomic mass is 9.99. The molecule has 1 aromatic carbocycles. The average molecular weight is 296 g/mol. The van der Waals surface area contributed by atoms with Gasteiger partial charge in [-0.05, 0) is 31.4 Å². The molecule has 17 heavy (non-hydrogen) atoms. The lowest BCUT2D eigenvalue weighted by Gasteiger charge is -2.08. The minimum absolute atomic E-state index is 0.315. The number of halogens is 1. The van der Waals surface area contributed by atoms with Crippen molar-refractivity contribution >= 4 is 21.9 Å². The molecule has 0 N–H and O–H groups in total. The van der Waals surface area contributed by atoms with Gasteiger partial charge >= 0.3 is 5.97 Å². The van der Waals surface area contributed by atoms with Crippen molar-refractivity contribution in [2.75, 3.05) is 11.9 Å². The van der Waals surface area contributed by atoms with Crippen LogP contribution in [0.3, 0.4) is 0 Å². The molecule has 3 nitrogen and oxygen atoms in total. The molecule has 0 spiro atoms. The second-order valence-electron chi connectivity index (χ2n) is 3.46. The highest BCUT2D eigenvalue weighted by Crippen LogP contribution is 2.17. The van der Waals surface area contributed by atoms with Crippen molar-refractivity contribution in [3.63, 3.8) is 0 Å².